The number of hydrogen-bond donors (Lipinski definition) is 2. The van der Waals surface area contributed by atoms with Gasteiger partial charge < -0.3 is 10.0 Å². The van der Waals surface area contributed by atoms with E-state index in [2.05, 4.69) is 9.62 Å². The van der Waals surface area contributed by atoms with Gasteiger partial charge in [-0.1, -0.05) is 24.3 Å². The van der Waals surface area contributed by atoms with Crippen LogP contribution < -0.4 is 9.62 Å². The van der Waals surface area contributed by atoms with E-state index in [1.54, 1.807) is 6.07 Å². The Morgan fingerprint density at radius 3 is 2.79 bits per heavy atom. The highest BCUT2D eigenvalue weighted by atomic mass is 32.2. The Morgan fingerprint density at radius 1 is 1.29 bits per heavy atom. The van der Waals surface area contributed by atoms with E-state index in [0.717, 1.165) is 30.3 Å². The molecule has 2 aromatic carbocycles. The van der Waals surface area contributed by atoms with Crippen molar-refractivity contribution >= 4 is 15.7 Å². The molecule has 1 unspecified atom stereocenters. The highest BCUT2D eigenvalue weighted by Crippen LogP contribution is 2.29. The molecular formula is C17H19FN2O3S. The van der Waals surface area contributed by atoms with Crippen LogP contribution in [0.5, 0.6) is 0 Å². The first-order chi connectivity index (χ1) is 11.4. The summed E-state index contributed by atoms with van der Waals surface area (Å²) in [5, 5.41) is 10.3. The summed E-state index contributed by atoms with van der Waals surface area (Å²) in [7, 11) is -2.00. The summed E-state index contributed by atoms with van der Waals surface area (Å²) in [6.07, 6.45) is -0.101. The van der Waals surface area contributed by atoms with E-state index in [9.17, 15) is 17.9 Å². The summed E-state index contributed by atoms with van der Waals surface area (Å²) in [4.78, 5) is 1.71. The van der Waals surface area contributed by atoms with Crippen LogP contribution in [0.2, 0.25) is 0 Å². The van der Waals surface area contributed by atoms with Crippen molar-refractivity contribution in [3.8, 4) is 0 Å². The third-order valence-corrected chi connectivity index (χ3v) is 5.67. The lowest BCUT2D eigenvalue weighted by atomic mass is 10.0. The number of nitrogens with one attached hydrogen (secondary N) is 1. The van der Waals surface area contributed by atoms with Gasteiger partial charge >= 0.3 is 0 Å². The summed E-state index contributed by atoms with van der Waals surface area (Å²) >= 11 is 0. The van der Waals surface area contributed by atoms with Crippen LogP contribution in [0.15, 0.2) is 47.4 Å². The molecule has 0 saturated carbocycles. The van der Waals surface area contributed by atoms with Crippen LogP contribution in [0.3, 0.4) is 0 Å². The predicted octanol–water partition coefficient (Wildman–Crippen LogP) is 1.83. The highest BCUT2D eigenvalue weighted by Gasteiger charge is 2.21. The zero-order valence-electron chi connectivity index (χ0n) is 13.2. The number of aliphatic hydroxyl groups excluding tert-OH is 1. The molecule has 2 N–H and O–H groups in total. The minimum Gasteiger partial charge on any atom is -0.387 e. The van der Waals surface area contributed by atoms with Crippen molar-refractivity contribution in [2.45, 2.75) is 17.4 Å². The van der Waals surface area contributed by atoms with Crippen LogP contribution >= 0.6 is 0 Å². The van der Waals surface area contributed by atoms with Gasteiger partial charge in [-0.15, -0.1) is 0 Å². The van der Waals surface area contributed by atoms with E-state index in [4.69, 9.17) is 0 Å². The minimum atomic E-state index is -4.01. The van der Waals surface area contributed by atoms with Crippen molar-refractivity contribution in [1.82, 2.24) is 4.72 Å². The minimum absolute atomic E-state index is 0.217. The molecule has 1 aliphatic rings. The Kier molecular flexibility index (Phi) is 4.58. The van der Waals surface area contributed by atoms with Gasteiger partial charge in [0.2, 0.25) is 10.0 Å². The zero-order chi connectivity index (χ0) is 17.3. The number of halogens is 1. The Bertz CT molecular complexity index is 855. The Hall–Kier alpha value is -1.96. The lowest BCUT2D eigenvalue weighted by Crippen LogP contribution is -2.29. The van der Waals surface area contributed by atoms with Crippen molar-refractivity contribution in [2.75, 3.05) is 25.0 Å². The van der Waals surface area contributed by atoms with E-state index in [-0.39, 0.29) is 6.54 Å². The molecule has 24 heavy (non-hydrogen) atoms. The first-order valence-corrected chi connectivity index (χ1v) is 9.13. The van der Waals surface area contributed by atoms with Crippen molar-refractivity contribution in [3.05, 3.63) is 59.4 Å². The first kappa shape index (κ1) is 16.9. The average molecular weight is 350 g/mol. The summed E-state index contributed by atoms with van der Waals surface area (Å²) in [6.45, 7) is 0.708. The molecule has 0 bridgehead atoms. The molecule has 0 radical (unpaired) electrons. The lowest BCUT2D eigenvalue weighted by Gasteiger charge is -2.16. The molecule has 1 aliphatic heterocycles. The van der Waals surface area contributed by atoms with E-state index in [1.165, 1.54) is 18.2 Å². The lowest BCUT2D eigenvalue weighted by molar-refractivity contribution is 0.182. The van der Waals surface area contributed by atoms with Crippen molar-refractivity contribution < 1.29 is 17.9 Å². The van der Waals surface area contributed by atoms with Crippen LogP contribution in [0.25, 0.3) is 0 Å². The molecule has 3 rings (SSSR count). The fourth-order valence-electron chi connectivity index (χ4n) is 2.84. The zero-order valence-corrected chi connectivity index (χ0v) is 14.1. The second-order valence-corrected chi connectivity index (χ2v) is 7.59. The number of hydrogen-bond acceptors (Lipinski definition) is 4. The number of aliphatic hydroxyl groups is 1. The first-order valence-electron chi connectivity index (χ1n) is 7.65. The van der Waals surface area contributed by atoms with Gasteiger partial charge in [0.25, 0.3) is 0 Å². The molecule has 2 aromatic rings. The van der Waals surface area contributed by atoms with Crippen LogP contribution in [0.1, 0.15) is 17.2 Å². The Labute approximate surface area is 140 Å². The molecule has 0 aliphatic carbocycles. The standard InChI is InChI=1S/C17H19FN2O3S/c1-20-9-8-12-10-13(6-7-15(12)20)16(21)11-19-24(22,23)17-5-3-2-4-14(17)18/h2-7,10,16,19,21H,8-9,11H2,1H3. The van der Waals surface area contributed by atoms with E-state index in [1.807, 2.05) is 19.2 Å². The number of sulfonamides is 1. The fourth-order valence-corrected chi connectivity index (χ4v) is 3.96. The molecule has 128 valence electrons. The summed E-state index contributed by atoms with van der Waals surface area (Å²) < 4.78 is 40.2. The van der Waals surface area contributed by atoms with Gasteiger partial charge in [-0.25, -0.2) is 17.5 Å². The second kappa shape index (κ2) is 6.51. The predicted molar refractivity (Wildman–Crippen MR) is 90.0 cm³/mol. The van der Waals surface area contributed by atoms with E-state index < -0.39 is 26.8 Å². The van der Waals surface area contributed by atoms with Crippen LogP contribution in [-0.4, -0.2) is 33.7 Å². The van der Waals surface area contributed by atoms with Crippen molar-refractivity contribution in [3.63, 3.8) is 0 Å². The van der Waals surface area contributed by atoms with Gasteiger partial charge in [0.15, 0.2) is 0 Å². The van der Waals surface area contributed by atoms with Crippen LogP contribution in [0.4, 0.5) is 10.1 Å². The van der Waals surface area contributed by atoms with Gasteiger partial charge in [0.1, 0.15) is 10.7 Å². The average Bonchev–Trinajstić information content (AvgIpc) is 2.93. The van der Waals surface area contributed by atoms with Gasteiger partial charge in [-0.05, 0) is 35.7 Å². The third-order valence-electron chi connectivity index (χ3n) is 4.21. The topological polar surface area (TPSA) is 69.6 Å². The van der Waals surface area contributed by atoms with Gasteiger partial charge in [0.05, 0.1) is 6.10 Å². The molecule has 0 saturated heterocycles. The molecule has 1 heterocycles. The normalized spacial score (nSPS) is 15.4. The summed E-state index contributed by atoms with van der Waals surface area (Å²) in [6, 6.07) is 10.7. The number of likely N-dealkylation sites (N-methyl/N-ethyl adjacent to an activating group) is 1. The van der Waals surface area contributed by atoms with Gasteiger partial charge in [0, 0.05) is 25.8 Å². The van der Waals surface area contributed by atoms with Crippen LogP contribution in [-0.2, 0) is 16.4 Å². The molecule has 1 atom stereocenters. The van der Waals surface area contributed by atoms with Crippen molar-refractivity contribution in [1.29, 1.82) is 0 Å². The van der Waals surface area contributed by atoms with Crippen molar-refractivity contribution in [2.24, 2.45) is 0 Å². The SMILES string of the molecule is CN1CCc2cc(C(O)CNS(=O)(=O)c3ccccc3F)ccc21. The quantitative estimate of drug-likeness (QED) is 0.863. The van der Waals surface area contributed by atoms with Gasteiger partial charge in [-0.3, -0.25) is 0 Å². The molecular weight excluding hydrogens is 331 g/mol. The Balaban J connectivity index is 1.72. The molecule has 7 heteroatoms. The Morgan fingerprint density at radius 2 is 2.04 bits per heavy atom. The smallest absolute Gasteiger partial charge is 0.243 e. The number of rotatable bonds is 5. The summed E-state index contributed by atoms with van der Waals surface area (Å²) in [5.41, 5.74) is 2.89. The largest absolute Gasteiger partial charge is 0.387 e. The number of anilines is 1. The molecule has 5 nitrogen and oxygen atoms in total. The second-order valence-electron chi connectivity index (χ2n) is 5.86. The highest BCUT2D eigenvalue weighted by molar-refractivity contribution is 7.89. The monoisotopic (exact) mass is 350 g/mol. The van der Waals surface area contributed by atoms with Gasteiger partial charge in [-0.2, -0.15) is 0 Å². The van der Waals surface area contributed by atoms with Crippen LogP contribution in [0, 0.1) is 5.82 Å². The molecule has 0 amide bonds. The maximum atomic E-state index is 13.6. The summed E-state index contributed by atoms with van der Waals surface area (Å²) in [5.74, 6) is -0.819. The number of nitrogens with zero attached hydrogens (tertiary/aromatic N) is 1. The fraction of sp³-hybridized carbons (Fsp3) is 0.294. The molecule has 0 aromatic heterocycles. The molecule has 0 fully saturated rings. The number of benzene rings is 2. The maximum Gasteiger partial charge on any atom is 0.243 e. The number of fused-ring (bicyclic) bond motifs is 1. The third kappa shape index (κ3) is 3.28. The maximum absolute atomic E-state index is 13.6. The van der Waals surface area contributed by atoms with E-state index >= 15 is 0 Å². The molecule has 0 spiro atoms. The van der Waals surface area contributed by atoms with E-state index in [0.29, 0.717) is 5.56 Å².